The van der Waals surface area contributed by atoms with E-state index in [4.69, 9.17) is 21.1 Å². The monoisotopic (exact) mass is 412 g/mol. The molecule has 0 aromatic heterocycles. The van der Waals surface area contributed by atoms with E-state index in [1.165, 1.54) is 39.4 Å². The van der Waals surface area contributed by atoms with Crippen molar-refractivity contribution >= 4 is 33.2 Å². The highest BCUT2D eigenvalue weighted by Gasteiger charge is 2.19. The van der Waals surface area contributed by atoms with Gasteiger partial charge in [-0.25, -0.2) is 12.7 Å². The maximum atomic E-state index is 12.2. The number of carbonyl (C=O) groups is 1. The van der Waals surface area contributed by atoms with E-state index in [1.54, 1.807) is 12.1 Å². The third-order valence-corrected chi connectivity index (χ3v) is 5.78. The van der Waals surface area contributed by atoms with Crippen molar-refractivity contribution in [1.82, 2.24) is 4.31 Å². The summed E-state index contributed by atoms with van der Waals surface area (Å²) in [5, 5.41) is 2.80. The molecule has 0 saturated heterocycles. The third kappa shape index (κ3) is 5.12. The van der Waals surface area contributed by atoms with Crippen LogP contribution >= 0.6 is 11.6 Å². The van der Waals surface area contributed by atoms with Crippen LogP contribution < -0.4 is 14.8 Å². The molecule has 1 amide bonds. The van der Waals surface area contributed by atoms with E-state index >= 15 is 0 Å². The predicted octanol–water partition coefficient (Wildman–Crippen LogP) is 2.92. The van der Waals surface area contributed by atoms with Crippen molar-refractivity contribution in [1.29, 1.82) is 0 Å². The first kappa shape index (κ1) is 21.0. The Morgan fingerprint density at radius 3 is 2.41 bits per heavy atom. The normalized spacial score (nSPS) is 11.3. The van der Waals surface area contributed by atoms with E-state index in [2.05, 4.69) is 5.32 Å². The lowest BCUT2D eigenvalue weighted by atomic mass is 10.2. The van der Waals surface area contributed by atoms with Gasteiger partial charge in [0.05, 0.1) is 22.7 Å². The zero-order valence-corrected chi connectivity index (χ0v) is 17.0. The van der Waals surface area contributed by atoms with E-state index in [0.29, 0.717) is 11.4 Å². The van der Waals surface area contributed by atoms with E-state index in [0.717, 1.165) is 9.87 Å². The fraction of sp³-hybridized carbons (Fsp3) is 0.278. The predicted molar refractivity (Wildman–Crippen MR) is 104 cm³/mol. The number of ether oxygens (including phenoxy) is 2. The molecule has 27 heavy (non-hydrogen) atoms. The van der Waals surface area contributed by atoms with Gasteiger partial charge in [0, 0.05) is 14.1 Å². The van der Waals surface area contributed by atoms with E-state index < -0.39 is 15.9 Å². The SMILES string of the molecule is COc1ccc(C)cc1NC(=O)COc1ccc(S(=O)(=O)N(C)C)cc1Cl. The number of hydrogen-bond acceptors (Lipinski definition) is 5. The van der Waals surface area contributed by atoms with Crippen LogP contribution in [0.2, 0.25) is 5.02 Å². The Hall–Kier alpha value is -2.29. The standard InChI is InChI=1S/C18H21ClN2O5S/c1-12-5-7-17(25-4)15(9-12)20-18(22)11-26-16-8-6-13(10-14(16)19)27(23,24)21(2)3/h5-10H,11H2,1-4H3,(H,20,22). The van der Waals surface area contributed by atoms with Gasteiger partial charge in [-0.3, -0.25) is 4.79 Å². The number of carbonyl (C=O) groups excluding carboxylic acids is 1. The molecule has 0 radical (unpaired) electrons. The molecule has 0 aliphatic heterocycles. The minimum Gasteiger partial charge on any atom is -0.495 e. The summed E-state index contributed by atoms with van der Waals surface area (Å²) in [6.45, 7) is 1.60. The van der Waals surface area contributed by atoms with Crippen LogP contribution in [-0.2, 0) is 14.8 Å². The molecule has 1 N–H and O–H groups in total. The number of benzene rings is 2. The molecule has 2 rings (SSSR count). The lowest BCUT2D eigenvalue weighted by Crippen LogP contribution is -2.22. The van der Waals surface area contributed by atoms with Crippen molar-refractivity contribution < 1.29 is 22.7 Å². The molecule has 9 heteroatoms. The van der Waals surface area contributed by atoms with Gasteiger partial charge in [-0.15, -0.1) is 0 Å². The molecule has 0 saturated carbocycles. The van der Waals surface area contributed by atoms with Crippen molar-refractivity contribution in [2.24, 2.45) is 0 Å². The number of nitrogens with one attached hydrogen (secondary N) is 1. The summed E-state index contributed by atoms with van der Waals surface area (Å²) in [4.78, 5) is 12.2. The molecule has 0 aliphatic rings. The highest BCUT2D eigenvalue weighted by molar-refractivity contribution is 7.89. The summed E-state index contributed by atoms with van der Waals surface area (Å²) in [7, 11) is 0.770. The van der Waals surface area contributed by atoms with Crippen LogP contribution in [-0.4, -0.2) is 46.4 Å². The summed E-state index contributed by atoms with van der Waals surface area (Å²) in [6.07, 6.45) is 0. The van der Waals surface area contributed by atoms with Crippen molar-refractivity contribution in [2.45, 2.75) is 11.8 Å². The number of anilines is 1. The zero-order valence-electron chi connectivity index (χ0n) is 15.4. The van der Waals surface area contributed by atoms with Gasteiger partial charge in [-0.05, 0) is 42.8 Å². The lowest BCUT2D eigenvalue weighted by Gasteiger charge is -2.14. The van der Waals surface area contributed by atoms with E-state index in [1.807, 2.05) is 13.0 Å². The van der Waals surface area contributed by atoms with E-state index in [9.17, 15) is 13.2 Å². The first-order valence-electron chi connectivity index (χ1n) is 7.94. The first-order chi connectivity index (χ1) is 12.6. The van der Waals surface area contributed by atoms with E-state index in [-0.39, 0.29) is 22.3 Å². The minimum absolute atomic E-state index is 0.0406. The lowest BCUT2D eigenvalue weighted by molar-refractivity contribution is -0.118. The van der Waals surface area contributed by atoms with Gasteiger partial charge in [0.25, 0.3) is 5.91 Å². The summed E-state index contributed by atoms with van der Waals surface area (Å²) < 4.78 is 35.9. The van der Waals surface area contributed by atoms with Gasteiger partial charge in [0.15, 0.2) is 6.61 Å². The second-order valence-electron chi connectivity index (χ2n) is 5.92. The molecule has 0 spiro atoms. The Morgan fingerprint density at radius 1 is 1.15 bits per heavy atom. The molecule has 146 valence electrons. The van der Waals surface area contributed by atoms with Crippen LogP contribution in [0, 0.1) is 6.92 Å². The second kappa shape index (κ2) is 8.60. The number of aryl methyl sites for hydroxylation is 1. The number of methoxy groups -OCH3 is 1. The smallest absolute Gasteiger partial charge is 0.262 e. The molecule has 2 aromatic carbocycles. The van der Waals surface area contributed by atoms with Gasteiger partial charge < -0.3 is 14.8 Å². The summed E-state index contributed by atoms with van der Waals surface area (Å²) in [5.41, 5.74) is 1.50. The molecule has 0 aliphatic carbocycles. The molecule has 0 heterocycles. The van der Waals surface area contributed by atoms with Crippen LogP contribution in [0.15, 0.2) is 41.3 Å². The second-order valence-corrected chi connectivity index (χ2v) is 8.48. The maximum absolute atomic E-state index is 12.2. The topological polar surface area (TPSA) is 84.9 Å². The van der Waals surface area contributed by atoms with Gasteiger partial charge in [0.1, 0.15) is 11.5 Å². The Balaban J connectivity index is 2.07. The maximum Gasteiger partial charge on any atom is 0.262 e. The largest absolute Gasteiger partial charge is 0.495 e. The third-order valence-electron chi connectivity index (χ3n) is 3.67. The average molecular weight is 413 g/mol. The number of rotatable bonds is 7. The minimum atomic E-state index is -3.60. The van der Waals surface area contributed by atoms with Gasteiger partial charge in [-0.1, -0.05) is 17.7 Å². The fourth-order valence-corrected chi connectivity index (χ4v) is 3.45. The molecule has 0 unspecified atom stereocenters. The molecular weight excluding hydrogens is 392 g/mol. The summed E-state index contributed by atoms with van der Waals surface area (Å²) >= 11 is 6.09. The molecule has 7 nitrogen and oxygen atoms in total. The first-order valence-corrected chi connectivity index (χ1v) is 9.76. The van der Waals surface area contributed by atoms with Crippen molar-refractivity contribution in [3.05, 3.63) is 47.0 Å². The number of hydrogen-bond donors (Lipinski definition) is 1. The molecule has 2 aromatic rings. The Kier molecular flexibility index (Phi) is 6.69. The summed E-state index contributed by atoms with van der Waals surface area (Å²) in [5.74, 6) is 0.339. The van der Waals surface area contributed by atoms with Crippen molar-refractivity contribution in [2.75, 3.05) is 33.1 Å². The highest BCUT2D eigenvalue weighted by Crippen LogP contribution is 2.29. The molecule has 0 bridgehead atoms. The van der Waals surface area contributed by atoms with Gasteiger partial charge in [0.2, 0.25) is 10.0 Å². The number of halogens is 1. The van der Waals surface area contributed by atoms with Crippen LogP contribution in [0.1, 0.15) is 5.56 Å². The highest BCUT2D eigenvalue weighted by atomic mass is 35.5. The van der Waals surface area contributed by atoms with Crippen molar-refractivity contribution in [3.8, 4) is 11.5 Å². The number of nitrogens with zero attached hydrogens (tertiary/aromatic N) is 1. The zero-order chi connectivity index (χ0) is 20.2. The van der Waals surface area contributed by atoms with Crippen LogP contribution in [0.25, 0.3) is 0 Å². The Morgan fingerprint density at radius 2 is 1.81 bits per heavy atom. The molecule has 0 atom stereocenters. The van der Waals surface area contributed by atoms with Crippen LogP contribution in [0.3, 0.4) is 0 Å². The average Bonchev–Trinajstić information content (AvgIpc) is 2.60. The molecule has 0 fully saturated rings. The quantitative estimate of drug-likeness (QED) is 0.755. The van der Waals surface area contributed by atoms with Gasteiger partial charge in [-0.2, -0.15) is 0 Å². The fourth-order valence-electron chi connectivity index (χ4n) is 2.22. The van der Waals surface area contributed by atoms with Crippen LogP contribution in [0.5, 0.6) is 11.5 Å². The number of sulfonamides is 1. The number of amides is 1. The summed E-state index contributed by atoms with van der Waals surface area (Å²) in [6, 6.07) is 9.48. The van der Waals surface area contributed by atoms with Crippen LogP contribution in [0.4, 0.5) is 5.69 Å². The Labute approximate surface area is 163 Å². The van der Waals surface area contributed by atoms with Crippen molar-refractivity contribution in [3.63, 3.8) is 0 Å². The molecular formula is C18H21ClN2O5S. The van der Waals surface area contributed by atoms with Gasteiger partial charge >= 0.3 is 0 Å². The Bertz CT molecular complexity index is 945.